The van der Waals surface area contributed by atoms with Crippen LogP contribution < -0.4 is 5.56 Å². The van der Waals surface area contributed by atoms with Crippen molar-refractivity contribution in [1.29, 1.82) is 0 Å². The number of aromatic nitrogens is 4. The average Bonchev–Trinajstić information content (AvgIpc) is 3.39. The van der Waals surface area contributed by atoms with Crippen molar-refractivity contribution in [3.8, 4) is 10.6 Å². The zero-order valence-electron chi connectivity index (χ0n) is 15.1. The van der Waals surface area contributed by atoms with Crippen LogP contribution >= 0.6 is 11.3 Å². The SMILES string of the molecule is CCc1ccc(-c2nn(CCn3ccnc3)c(=O)c3cc([N+](=O)[O-])ccc23)s1. The molecule has 0 saturated heterocycles. The summed E-state index contributed by atoms with van der Waals surface area (Å²) >= 11 is 1.61. The predicted molar refractivity (Wildman–Crippen MR) is 108 cm³/mol. The summed E-state index contributed by atoms with van der Waals surface area (Å²) in [6.45, 7) is 2.95. The van der Waals surface area contributed by atoms with Gasteiger partial charge in [-0.1, -0.05) is 6.92 Å². The molecule has 142 valence electrons. The Hall–Kier alpha value is -3.33. The largest absolute Gasteiger partial charge is 0.336 e. The molecule has 0 bridgehead atoms. The van der Waals surface area contributed by atoms with E-state index in [0.717, 1.165) is 11.3 Å². The van der Waals surface area contributed by atoms with Crippen LogP contribution in [0.4, 0.5) is 5.69 Å². The number of aryl methyl sites for hydroxylation is 3. The van der Waals surface area contributed by atoms with E-state index in [-0.39, 0.29) is 11.2 Å². The molecule has 0 atom stereocenters. The number of nitro groups is 1. The first-order chi connectivity index (χ1) is 13.6. The standard InChI is InChI=1S/C19H17N5O3S/c1-2-14-4-6-17(28-14)18-15-5-3-13(24(26)27)11-16(15)19(25)23(21-18)10-9-22-8-7-20-12-22/h3-8,11-12H,2,9-10H2,1H3. The van der Waals surface area contributed by atoms with Gasteiger partial charge in [0.1, 0.15) is 5.69 Å². The van der Waals surface area contributed by atoms with E-state index in [4.69, 9.17) is 0 Å². The lowest BCUT2D eigenvalue weighted by Crippen LogP contribution is -2.25. The van der Waals surface area contributed by atoms with Crippen molar-refractivity contribution >= 4 is 27.8 Å². The van der Waals surface area contributed by atoms with E-state index in [2.05, 4.69) is 17.0 Å². The first kappa shape index (κ1) is 18.1. The van der Waals surface area contributed by atoms with Crippen molar-refractivity contribution in [2.75, 3.05) is 0 Å². The van der Waals surface area contributed by atoms with Crippen LogP contribution in [0.3, 0.4) is 0 Å². The third-order valence-electron chi connectivity index (χ3n) is 4.53. The summed E-state index contributed by atoms with van der Waals surface area (Å²) in [5.74, 6) is 0. The van der Waals surface area contributed by atoms with Crippen LogP contribution in [0.15, 0.2) is 53.8 Å². The van der Waals surface area contributed by atoms with Gasteiger partial charge >= 0.3 is 0 Å². The van der Waals surface area contributed by atoms with Crippen LogP contribution in [-0.4, -0.2) is 24.3 Å². The monoisotopic (exact) mass is 395 g/mol. The Kier molecular flexibility index (Phi) is 4.74. The zero-order chi connectivity index (χ0) is 19.7. The lowest BCUT2D eigenvalue weighted by atomic mass is 10.1. The number of imidazole rings is 1. The highest BCUT2D eigenvalue weighted by atomic mass is 32.1. The molecule has 8 nitrogen and oxygen atoms in total. The molecular weight excluding hydrogens is 378 g/mol. The van der Waals surface area contributed by atoms with E-state index < -0.39 is 4.92 Å². The van der Waals surface area contributed by atoms with E-state index in [1.165, 1.54) is 21.7 Å². The van der Waals surface area contributed by atoms with Crippen molar-refractivity contribution in [3.63, 3.8) is 0 Å². The van der Waals surface area contributed by atoms with E-state index in [0.29, 0.717) is 29.6 Å². The molecule has 4 rings (SSSR count). The molecule has 0 fully saturated rings. The van der Waals surface area contributed by atoms with E-state index >= 15 is 0 Å². The third kappa shape index (κ3) is 3.31. The molecule has 0 N–H and O–H groups in total. The van der Waals surface area contributed by atoms with Crippen LogP contribution in [0.2, 0.25) is 0 Å². The van der Waals surface area contributed by atoms with Crippen LogP contribution in [-0.2, 0) is 19.5 Å². The van der Waals surface area contributed by atoms with Gasteiger partial charge in [-0.05, 0) is 24.6 Å². The molecule has 1 aromatic carbocycles. The second-order valence-corrected chi connectivity index (χ2v) is 7.45. The summed E-state index contributed by atoms with van der Waals surface area (Å²) in [5, 5.41) is 16.7. The number of nitrogens with zero attached hydrogens (tertiary/aromatic N) is 5. The van der Waals surface area contributed by atoms with Crippen molar-refractivity contribution in [2.24, 2.45) is 0 Å². The second kappa shape index (κ2) is 7.35. The maximum absolute atomic E-state index is 13.0. The molecule has 0 aliphatic rings. The van der Waals surface area contributed by atoms with Crippen LogP contribution in [0.5, 0.6) is 0 Å². The molecule has 3 heterocycles. The lowest BCUT2D eigenvalue weighted by molar-refractivity contribution is -0.384. The number of non-ortho nitro benzene ring substituents is 1. The molecule has 9 heteroatoms. The van der Waals surface area contributed by atoms with E-state index in [1.54, 1.807) is 29.9 Å². The Balaban J connectivity index is 1.88. The quantitative estimate of drug-likeness (QED) is 0.368. The Labute approximate surface area is 163 Å². The second-order valence-electron chi connectivity index (χ2n) is 6.28. The molecule has 3 aromatic heterocycles. The molecule has 0 aliphatic heterocycles. The highest BCUT2D eigenvalue weighted by Crippen LogP contribution is 2.32. The minimum absolute atomic E-state index is 0.108. The van der Waals surface area contributed by atoms with Crippen molar-refractivity contribution in [1.82, 2.24) is 19.3 Å². The minimum Gasteiger partial charge on any atom is -0.336 e. The third-order valence-corrected chi connectivity index (χ3v) is 5.76. The molecule has 0 amide bonds. The number of thiophene rings is 1. The Morgan fingerprint density at radius 3 is 2.71 bits per heavy atom. The van der Waals surface area contributed by atoms with Crippen molar-refractivity contribution in [2.45, 2.75) is 26.4 Å². The number of hydrogen-bond donors (Lipinski definition) is 0. The number of fused-ring (bicyclic) bond motifs is 1. The van der Waals surface area contributed by atoms with Gasteiger partial charge in [-0.15, -0.1) is 11.3 Å². The van der Waals surface area contributed by atoms with E-state index in [9.17, 15) is 14.9 Å². The molecule has 28 heavy (non-hydrogen) atoms. The highest BCUT2D eigenvalue weighted by Gasteiger charge is 2.17. The Bertz CT molecular complexity index is 1210. The fourth-order valence-corrected chi connectivity index (χ4v) is 3.99. The first-order valence-corrected chi connectivity index (χ1v) is 9.62. The van der Waals surface area contributed by atoms with Gasteiger partial charge < -0.3 is 4.57 Å². The van der Waals surface area contributed by atoms with Crippen LogP contribution in [0.1, 0.15) is 11.8 Å². The van der Waals surface area contributed by atoms with Gasteiger partial charge in [0.05, 0.1) is 28.1 Å². The van der Waals surface area contributed by atoms with Crippen LogP contribution in [0.25, 0.3) is 21.3 Å². The average molecular weight is 395 g/mol. The molecule has 0 unspecified atom stereocenters. The smallest absolute Gasteiger partial charge is 0.274 e. The predicted octanol–water partition coefficient (Wildman–Crippen LogP) is 3.49. The Morgan fingerprint density at radius 2 is 2.04 bits per heavy atom. The normalized spacial score (nSPS) is 11.2. The summed E-state index contributed by atoms with van der Waals surface area (Å²) < 4.78 is 3.23. The van der Waals surface area contributed by atoms with Crippen LogP contribution in [0, 0.1) is 10.1 Å². The molecule has 0 radical (unpaired) electrons. The maximum Gasteiger partial charge on any atom is 0.274 e. The zero-order valence-corrected chi connectivity index (χ0v) is 15.9. The van der Waals surface area contributed by atoms with Gasteiger partial charge in [-0.2, -0.15) is 5.10 Å². The fourth-order valence-electron chi connectivity index (χ4n) is 3.05. The molecule has 0 aliphatic carbocycles. The number of rotatable bonds is 6. The van der Waals surface area contributed by atoms with Gasteiger partial charge in [0, 0.05) is 41.3 Å². The summed E-state index contributed by atoms with van der Waals surface area (Å²) in [6.07, 6.45) is 6.06. The Morgan fingerprint density at radius 1 is 1.18 bits per heavy atom. The van der Waals surface area contributed by atoms with Gasteiger partial charge in [-0.25, -0.2) is 9.67 Å². The summed E-state index contributed by atoms with van der Waals surface area (Å²) in [5.41, 5.74) is 0.220. The molecular formula is C19H17N5O3S. The maximum atomic E-state index is 13.0. The minimum atomic E-state index is -0.491. The topological polar surface area (TPSA) is 95.8 Å². The first-order valence-electron chi connectivity index (χ1n) is 8.81. The van der Waals surface area contributed by atoms with Gasteiger partial charge in [0.15, 0.2) is 0 Å². The van der Waals surface area contributed by atoms with Crippen molar-refractivity contribution in [3.05, 3.63) is 74.4 Å². The summed E-state index contributed by atoms with van der Waals surface area (Å²) in [6, 6.07) is 8.39. The number of benzene rings is 1. The van der Waals surface area contributed by atoms with Gasteiger partial charge in [0.2, 0.25) is 0 Å². The fraction of sp³-hybridized carbons (Fsp3) is 0.211. The number of nitro benzene ring substituents is 1. The molecule has 4 aromatic rings. The van der Waals surface area contributed by atoms with E-state index in [1.807, 2.05) is 22.9 Å². The number of hydrogen-bond acceptors (Lipinski definition) is 6. The van der Waals surface area contributed by atoms with Gasteiger partial charge in [-0.3, -0.25) is 14.9 Å². The lowest BCUT2D eigenvalue weighted by Gasteiger charge is -2.10. The molecule has 0 spiro atoms. The van der Waals surface area contributed by atoms with Crippen molar-refractivity contribution < 1.29 is 4.92 Å². The summed E-state index contributed by atoms with van der Waals surface area (Å²) in [7, 11) is 0. The van der Waals surface area contributed by atoms with Gasteiger partial charge in [0.25, 0.3) is 11.2 Å². The highest BCUT2D eigenvalue weighted by molar-refractivity contribution is 7.15. The molecule has 0 saturated carbocycles. The summed E-state index contributed by atoms with van der Waals surface area (Å²) in [4.78, 5) is 29.8.